The Morgan fingerprint density at radius 2 is 2.14 bits per heavy atom. The monoisotopic (exact) mass is 301 g/mol. The Morgan fingerprint density at radius 1 is 1.45 bits per heavy atom. The van der Waals surface area contributed by atoms with Gasteiger partial charge in [-0.3, -0.25) is 0 Å². The fourth-order valence-corrected chi connectivity index (χ4v) is 3.21. The molecule has 0 spiro atoms. The third kappa shape index (κ3) is 2.82. The number of carbonyl (C=O) groups excluding carboxylic acids is 1. The molecule has 0 radical (unpaired) electrons. The lowest BCUT2D eigenvalue weighted by Crippen LogP contribution is -2.42. The Bertz CT molecular complexity index is 578. The molecule has 1 aromatic carbocycles. The van der Waals surface area contributed by atoms with E-state index in [-0.39, 0.29) is 11.4 Å². The van der Waals surface area contributed by atoms with Gasteiger partial charge in [0.1, 0.15) is 0 Å². The first-order chi connectivity index (χ1) is 10.3. The number of fused-ring (bicyclic) bond motifs is 1. The summed E-state index contributed by atoms with van der Waals surface area (Å²) < 4.78 is 0. The summed E-state index contributed by atoms with van der Waals surface area (Å²) >= 11 is 0. The Morgan fingerprint density at radius 3 is 2.73 bits per heavy atom. The van der Waals surface area contributed by atoms with Crippen LogP contribution in [0.5, 0.6) is 0 Å². The number of hydrogen-bond acceptors (Lipinski definition) is 2. The van der Waals surface area contributed by atoms with Gasteiger partial charge < -0.3 is 15.5 Å². The molecule has 0 bridgehead atoms. The van der Waals surface area contributed by atoms with Crippen LogP contribution in [0.15, 0.2) is 30.9 Å². The van der Waals surface area contributed by atoms with Crippen LogP contribution >= 0.6 is 0 Å². The zero-order valence-corrected chi connectivity index (χ0v) is 14.2. The lowest BCUT2D eigenvalue weighted by molar-refractivity contribution is 0.253. The van der Waals surface area contributed by atoms with Crippen LogP contribution in [0, 0.1) is 0 Å². The maximum atomic E-state index is 11.8. The topological polar surface area (TPSA) is 44.4 Å². The molecule has 0 fully saturated rings. The minimum Gasteiger partial charge on any atom is -0.365 e. The third-order valence-electron chi connectivity index (χ3n) is 4.65. The molecule has 2 amide bonds. The SMILES string of the molecule is C=CCNC(=O)Nc1ccc2c(c1)N(C(C)C)C(C)C2(C)C. The number of amides is 2. The van der Waals surface area contributed by atoms with Crippen molar-refractivity contribution in [1.29, 1.82) is 0 Å². The zero-order valence-electron chi connectivity index (χ0n) is 14.2. The van der Waals surface area contributed by atoms with Gasteiger partial charge in [0.25, 0.3) is 0 Å². The molecular formula is C18H27N3O. The molecule has 1 aliphatic rings. The molecule has 4 heteroatoms. The molecule has 1 aliphatic heterocycles. The fourth-order valence-electron chi connectivity index (χ4n) is 3.21. The Kier molecular flexibility index (Phi) is 4.50. The maximum Gasteiger partial charge on any atom is 0.319 e. The van der Waals surface area contributed by atoms with E-state index in [9.17, 15) is 4.79 Å². The number of rotatable bonds is 4. The van der Waals surface area contributed by atoms with Crippen LogP contribution in [0.25, 0.3) is 0 Å². The number of hydrogen-bond donors (Lipinski definition) is 2. The predicted octanol–water partition coefficient (Wildman–Crippen LogP) is 3.89. The second kappa shape index (κ2) is 6.03. The lowest BCUT2D eigenvalue weighted by Gasteiger charge is -2.34. The number of nitrogens with one attached hydrogen (secondary N) is 2. The maximum absolute atomic E-state index is 11.8. The van der Waals surface area contributed by atoms with Crippen molar-refractivity contribution in [3.63, 3.8) is 0 Å². The number of carbonyl (C=O) groups is 1. The highest BCUT2D eigenvalue weighted by molar-refractivity contribution is 5.90. The van der Waals surface area contributed by atoms with Gasteiger partial charge in [0.15, 0.2) is 0 Å². The van der Waals surface area contributed by atoms with Crippen LogP contribution in [0.4, 0.5) is 16.2 Å². The fraction of sp³-hybridized carbons (Fsp3) is 0.500. The van der Waals surface area contributed by atoms with Crippen LogP contribution in [-0.2, 0) is 5.41 Å². The van der Waals surface area contributed by atoms with E-state index in [1.807, 2.05) is 6.07 Å². The summed E-state index contributed by atoms with van der Waals surface area (Å²) in [5.74, 6) is 0. The molecule has 2 N–H and O–H groups in total. The highest BCUT2D eigenvalue weighted by Crippen LogP contribution is 2.46. The molecule has 0 aromatic heterocycles. The molecule has 0 aliphatic carbocycles. The molecule has 0 saturated carbocycles. The number of anilines is 2. The summed E-state index contributed by atoms with van der Waals surface area (Å²) in [6, 6.07) is 6.82. The van der Waals surface area contributed by atoms with Crippen LogP contribution in [-0.4, -0.2) is 24.7 Å². The summed E-state index contributed by atoms with van der Waals surface area (Å²) in [7, 11) is 0. The van der Waals surface area contributed by atoms with Crippen molar-refractivity contribution in [2.75, 3.05) is 16.8 Å². The van der Waals surface area contributed by atoms with E-state index < -0.39 is 0 Å². The highest BCUT2D eigenvalue weighted by atomic mass is 16.2. The van der Waals surface area contributed by atoms with Gasteiger partial charge in [0.05, 0.1) is 0 Å². The molecule has 2 rings (SSSR count). The van der Waals surface area contributed by atoms with E-state index >= 15 is 0 Å². The molecular weight excluding hydrogens is 274 g/mol. The van der Waals surface area contributed by atoms with Crippen LogP contribution < -0.4 is 15.5 Å². The molecule has 120 valence electrons. The normalized spacial score (nSPS) is 19.0. The van der Waals surface area contributed by atoms with Gasteiger partial charge in [0.2, 0.25) is 0 Å². The summed E-state index contributed by atoms with van der Waals surface area (Å²) in [5, 5.41) is 5.61. The van der Waals surface area contributed by atoms with Crippen molar-refractivity contribution < 1.29 is 4.79 Å². The highest BCUT2D eigenvalue weighted by Gasteiger charge is 2.42. The van der Waals surface area contributed by atoms with E-state index in [0.29, 0.717) is 18.6 Å². The van der Waals surface area contributed by atoms with Crippen LogP contribution in [0.1, 0.15) is 40.2 Å². The lowest BCUT2D eigenvalue weighted by atomic mass is 9.81. The Hall–Kier alpha value is -1.97. The molecule has 4 nitrogen and oxygen atoms in total. The van der Waals surface area contributed by atoms with Crippen molar-refractivity contribution in [3.05, 3.63) is 36.4 Å². The quantitative estimate of drug-likeness (QED) is 0.829. The molecule has 1 aromatic rings. The predicted molar refractivity (Wildman–Crippen MR) is 93.8 cm³/mol. The number of benzene rings is 1. The van der Waals surface area contributed by atoms with E-state index in [2.05, 4.69) is 68.9 Å². The molecule has 1 heterocycles. The second-order valence-corrected chi connectivity index (χ2v) is 6.75. The van der Waals surface area contributed by atoms with Crippen molar-refractivity contribution >= 4 is 17.4 Å². The van der Waals surface area contributed by atoms with E-state index in [4.69, 9.17) is 0 Å². The molecule has 1 unspecified atom stereocenters. The van der Waals surface area contributed by atoms with Crippen LogP contribution in [0.3, 0.4) is 0 Å². The first-order valence-electron chi connectivity index (χ1n) is 7.87. The third-order valence-corrected chi connectivity index (χ3v) is 4.65. The molecule has 0 saturated heterocycles. The Balaban J connectivity index is 2.30. The van der Waals surface area contributed by atoms with Crippen LogP contribution in [0.2, 0.25) is 0 Å². The summed E-state index contributed by atoms with van der Waals surface area (Å²) in [5.41, 5.74) is 3.47. The minimum absolute atomic E-state index is 0.100. The van der Waals surface area contributed by atoms with Gasteiger partial charge in [-0.25, -0.2) is 4.79 Å². The molecule has 22 heavy (non-hydrogen) atoms. The number of nitrogens with zero attached hydrogens (tertiary/aromatic N) is 1. The van der Waals surface area contributed by atoms with E-state index in [1.165, 1.54) is 11.3 Å². The van der Waals surface area contributed by atoms with Gasteiger partial charge >= 0.3 is 6.03 Å². The average molecular weight is 301 g/mol. The van der Waals surface area contributed by atoms with Crippen molar-refractivity contribution in [2.24, 2.45) is 0 Å². The second-order valence-electron chi connectivity index (χ2n) is 6.75. The zero-order chi connectivity index (χ0) is 16.5. The first kappa shape index (κ1) is 16.4. The summed E-state index contributed by atoms with van der Waals surface area (Å²) in [6.07, 6.45) is 1.66. The van der Waals surface area contributed by atoms with Gasteiger partial charge in [-0.1, -0.05) is 26.0 Å². The van der Waals surface area contributed by atoms with Gasteiger partial charge in [-0.2, -0.15) is 0 Å². The number of urea groups is 1. The van der Waals surface area contributed by atoms with Gasteiger partial charge in [0, 0.05) is 35.4 Å². The van der Waals surface area contributed by atoms with Crippen molar-refractivity contribution in [3.8, 4) is 0 Å². The Labute approximate surface area is 133 Å². The van der Waals surface area contributed by atoms with Gasteiger partial charge in [-0.15, -0.1) is 6.58 Å². The smallest absolute Gasteiger partial charge is 0.319 e. The van der Waals surface area contributed by atoms with Crippen molar-refractivity contribution in [1.82, 2.24) is 5.32 Å². The average Bonchev–Trinajstić information content (AvgIpc) is 2.64. The van der Waals surface area contributed by atoms with E-state index in [1.54, 1.807) is 6.08 Å². The molecule has 1 atom stereocenters. The largest absolute Gasteiger partial charge is 0.365 e. The van der Waals surface area contributed by atoms with Gasteiger partial charge in [-0.05, 0) is 38.5 Å². The summed E-state index contributed by atoms with van der Waals surface area (Å²) in [4.78, 5) is 14.2. The van der Waals surface area contributed by atoms with E-state index in [0.717, 1.165) is 5.69 Å². The first-order valence-corrected chi connectivity index (χ1v) is 7.87. The summed E-state index contributed by atoms with van der Waals surface area (Å²) in [6.45, 7) is 15.3. The standard InChI is InChI=1S/C18H27N3O/c1-7-10-19-17(22)20-14-8-9-15-16(11-14)21(12(2)3)13(4)18(15,5)6/h7-9,11-13H,1,10H2,2-6H3,(H2,19,20,22). The van der Waals surface area contributed by atoms with Crippen molar-refractivity contribution in [2.45, 2.75) is 52.1 Å². The minimum atomic E-state index is -0.207.